The van der Waals surface area contributed by atoms with E-state index in [1.165, 1.54) is 24.3 Å². The third-order valence-electron chi connectivity index (χ3n) is 4.74. The second-order valence-corrected chi connectivity index (χ2v) is 6.24. The number of carbonyl (C=O) groups is 4. The fourth-order valence-electron chi connectivity index (χ4n) is 3.34. The molecule has 0 saturated carbocycles. The number of aliphatic hydroxyl groups excluding tert-OH is 2. The van der Waals surface area contributed by atoms with E-state index in [0.29, 0.717) is 0 Å². The van der Waals surface area contributed by atoms with Gasteiger partial charge in [-0.3, -0.25) is 19.2 Å². The number of hydrogen-bond donors (Lipinski definition) is 2. The summed E-state index contributed by atoms with van der Waals surface area (Å²) in [5, 5.41) is 21.0. The first kappa shape index (κ1) is 16.7. The summed E-state index contributed by atoms with van der Waals surface area (Å²) >= 11 is 0. The van der Waals surface area contributed by atoms with Crippen LogP contribution in [0.5, 0.6) is 0 Å². The van der Waals surface area contributed by atoms with E-state index in [0.717, 1.165) is 0 Å². The van der Waals surface area contributed by atoms with Crippen molar-refractivity contribution < 1.29 is 29.4 Å². The summed E-state index contributed by atoms with van der Waals surface area (Å²) in [6.45, 7) is 0. The SMILES string of the molecule is O=C1C(=O)c2ccccc2C(O)=C1CC1=C(O)c2ccccc2C(=O)C1=O. The molecular weight excluding hydrogens is 348 g/mol. The normalized spacial score (nSPS) is 16.6. The molecule has 0 spiro atoms. The number of carbonyl (C=O) groups excluding carboxylic acids is 4. The molecule has 2 N–H and O–H groups in total. The molecular formula is C21H12O6. The maximum absolute atomic E-state index is 12.4. The van der Waals surface area contributed by atoms with Crippen LogP contribution in [-0.2, 0) is 9.59 Å². The zero-order chi connectivity index (χ0) is 19.3. The van der Waals surface area contributed by atoms with Crippen LogP contribution in [0.1, 0.15) is 38.3 Å². The van der Waals surface area contributed by atoms with E-state index in [-0.39, 0.29) is 33.4 Å². The number of benzene rings is 2. The van der Waals surface area contributed by atoms with E-state index in [4.69, 9.17) is 0 Å². The lowest BCUT2D eigenvalue weighted by Crippen LogP contribution is -2.28. The number of ketones is 4. The molecule has 2 aromatic rings. The zero-order valence-corrected chi connectivity index (χ0v) is 13.9. The second-order valence-electron chi connectivity index (χ2n) is 6.24. The Hall–Kier alpha value is -3.80. The molecule has 4 rings (SSSR count). The minimum Gasteiger partial charge on any atom is -0.507 e. The third kappa shape index (κ3) is 2.34. The van der Waals surface area contributed by atoms with Crippen LogP contribution in [0.4, 0.5) is 0 Å². The van der Waals surface area contributed by atoms with Gasteiger partial charge in [0, 0.05) is 28.7 Å². The molecule has 0 fully saturated rings. The predicted molar refractivity (Wildman–Crippen MR) is 95.3 cm³/mol. The Balaban J connectivity index is 1.87. The highest BCUT2D eigenvalue weighted by molar-refractivity contribution is 6.54. The monoisotopic (exact) mass is 360 g/mol. The van der Waals surface area contributed by atoms with E-state index in [9.17, 15) is 29.4 Å². The van der Waals surface area contributed by atoms with Crippen LogP contribution < -0.4 is 0 Å². The molecule has 0 saturated heterocycles. The molecule has 0 unspecified atom stereocenters. The smallest absolute Gasteiger partial charge is 0.234 e. The lowest BCUT2D eigenvalue weighted by molar-refractivity contribution is -0.112. The van der Waals surface area contributed by atoms with Crippen LogP contribution in [0.3, 0.4) is 0 Å². The summed E-state index contributed by atoms with van der Waals surface area (Å²) in [6, 6.07) is 12.1. The molecule has 6 nitrogen and oxygen atoms in total. The van der Waals surface area contributed by atoms with E-state index in [1.807, 2.05) is 0 Å². The third-order valence-corrected chi connectivity index (χ3v) is 4.74. The molecule has 0 bridgehead atoms. The Morgan fingerprint density at radius 2 is 0.852 bits per heavy atom. The Labute approximate surface area is 153 Å². The van der Waals surface area contributed by atoms with Crippen LogP contribution in [-0.4, -0.2) is 33.3 Å². The predicted octanol–water partition coefficient (Wildman–Crippen LogP) is 2.85. The van der Waals surface area contributed by atoms with Crippen molar-refractivity contribution in [1.82, 2.24) is 0 Å². The van der Waals surface area contributed by atoms with Gasteiger partial charge in [0.1, 0.15) is 11.5 Å². The van der Waals surface area contributed by atoms with Crippen molar-refractivity contribution >= 4 is 34.7 Å². The molecule has 2 aromatic carbocycles. The van der Waals surface area contributed by atoms with Gasteiger partial charge in [0.05, 0.1) is 11.1 Å². The second kappa shape index (κ2) is 5.88. The first-order chi connectivity index (χ1) is 12.9. The van der Waals surface area contributed by atoms with Crippen LogP contribution in [0.15, 0.2) is 59.7 Å². The summed E-state index contributed by atoms with van der Waals surface area (Å²) < 4.78 is 0. The molecule has 0 amide bonds. The van der Waals surface area contributed by atoms with Gasteiger partial charge in [0.25, 0.3) is 0 Å². The quantitative estimate of drug-likeness (QED) is 0.797. The number of fused-ring (bicyclic) bond motifs is 2. The minimum absolute atomic E-state index is 0.0679. The van der Waals surface area contributed by atoms with Gasteiger partial charge < -0.3 is 10.2 Å². The molecule has 132 valence electrons. The fourth-order valence-corrected chi connectivity index (χ4v) is 3.34. The number of Topliss-reactive ketones (excluding diaryl/α,β-unsaturated/α-hetero) is 4. The Kier molecular flexibility index (Phi) is 3.63. The maximum atomic E-state index is 12.4. The average Bonchev–Trinajstić information content (AvgIpc) is 2.70. The van der Waals surface area contributed by atoms with Gasteiger partial charge >= 0.3 is 0 Å². The fraction of sp³-hybridized carbons (Fsp3) is 0.0476. The Morgan fingerprint density at radius 3 is 1.22 bits per heavy atom. The first-order valence-electron chi connectivity index (χ1n) is 8.13. The van der Waals surface area contributed by atoms with Gasteiger partial charge in [-0.25, -0.2) is 0 Å². The molecule has 2 aliphatic rings. The summed E-state index contributed by atoms with van der Waals surface area (Å²) in [5.74, 6) is -4.43. The topological polar surface area (TPSA) is 109 Å². The van der Waals surface area contributed by atoms with Crippen LogP contribution in [0.2, 0.25) is 0 Å². The van der Waals surface area contributed by atoms with E-state index < -0.39 is 41.1 Å². The van der Waals surface area contributed by atoms with Crippen molar-refractivity contribution in [2.24, 2.45) is 0 Å². The lowest BCUT2D eigenvalue weighted by atomic mass is 9.81. The van der Waals surface area contributed by atoms with Crippen LogP contribution in [0.25, 0.3) is 11.5 Å². The summed E-state index contributed by atoms with van der Waals surface area (Å²) in [5.41, 5.74) is -0.155. The van der Waals surface area contributed by atoms with Gasteiger partial charge in [-0.05, 0) is 0 Å². The minimum atomic E-state index is -0.967. The number of hydrogen-bond acceptors (Lipinski definition) is 6. The average molecular weight is 360 g/mol. The molecule has 0 radical (unpaired) electrons. The lowest BCUT2D eigenvalue weighted by Gasteiger charge is -2.21. The molecule has 0 aliphatic heterocycles. The molecule has 0 atom stereocenters. The number of allylic oxidation sites excluding steroid dienone is 2. The van der Waals surface area contributed by atoms with E-state index in [1.54, 1.807) is 24.3 Å². The molecule has 2 aliphatic carbocycles. The van der Waals surface area contributed by atoms with Gasteiger partial charge in [0.2, 0.25) is 23.1 Å². The number of aliphatic hydroxyl groups is 2. The van der Waals surface area contributed by atoms with Crippen LogP contribution in [0, 0.1) is 0 Å². The Morgan fingerprint density at radius 1 is 0.519 bits per heavy atom. The molecule has 27 heavy (non-hydrogen) atoms. The van der Waals surface area contributed by atoms with Crippen molar-refractivity contribution in [3.05, 3.63) is 81.9 Å². The number of rotatable bonds is 2. The molecule has 0 aromatic heterocycles. The zero-order valence-electron chi connectivity index (χ0n) is 13.9. The Bertz CT molecular complexity index is 1040. The largest absolute Gasteiger partial charge is 0.507 e. The summed E-state index contributed by atoms with van der Waals surface area (Å²) in [6.07, 6.45) is -0.518. The van der Waals surface area contributed by atoms with Gasteiger partial charge in [0.15, 0.2) is 0 Å². The standard InChI is InChI=1S/C21H12O6/c22-16-10-5-1-3-7-12(10)18(24)20(26)14(16)9-15-17(23)11-6-2-4-8-13(11)19(25)21(15)27/h1-8,22-23H,9H2. The molecule has 6 heteroatoms. The molecule has 0 heterocycles. The van der Waals surface area contributed by atoms with Crippen molar-refractivity contribution in [2.45, 2.75) is 6.42 Å². The highest BCUT2D eigenvalue weighted by Gasteiger charge is 2.38. The maximum Gasteiger partial charge on any atom is 0.234 e. The van der Waals surface area contributed by atoms with Gasteiger partial charge in [-0.1, -0.05) is 48.5 Å². The van der Waals surface area contributed by atoms with Crippen molar-refractivity contribution in [1.29, 1.82) is 0 Å². The highest BCUT2D eigenvalue weighted by atomic mass is 16.3. The van der Waals surface area contributed by atoms with Crippen molar-refractivity contribution in [3.8, 4) is 0 Å². The van der Waals surface area contributed by atoms with E-state index >= 15 is 0 Å². The van der Waals surface area contributed by atoms with E-state index in [2.05, 4.69) is 0 Å². The summed E-state index contributed by atoms with van der Waals surface area (Å²) in [4.78, 5) is 49.5. The van der Waals surface area contributed by atoms with Crippen molar-refractivity contribution in [2.75, 3.05) is 0 Å². The van der Waals surface area contributed by atoms with Gasteiger partial charge in [-0.2, -0.15) is 0 Å². The van der Waals surface area contributed by atoms with Crippen molar-refractivity contribution in [3.63, 3.8) is 0 Å². The van der Waals surface area contributed by atoms with Crippen LogP contribution >= 0.6 is 0 Å². The van der Waals surface area contributed by atoms with Gasteiger partial charge in [-0.15, -0.1) is 0 Å². The summed E-state index contributed by atoms with van der Waals surface area (Å²) in [7, 11) is 0. The first-order valence-corrected chi connectivity index (χ1v) is 8.13. The highest BCUT2D eigenvalue weighted by Crippen LogP contribution is 2.35.